The molecule has 0 fully saturated rings. The summed E-state index contributed by atoms with van der Waals surface area (Å²) in [7, 11) is 0. The maximum atomic E-state index is 9.46. The van der Waals surface area contributed by atoms with Crippen LogP contribution in [-0.2, 0) is 0 Å². The molecule has 0 aliphatic heterocycles. The van der Waals surface area contributed by atoms with Crippen LogP contribution in [0, 0.1) is 6.92 Å². The summed E-state index contributed by atoms with van der Waals surface area (Å²) in [6.45, 7) is 3.63. The fraction of sp³-hybridized carbons (Fsp3) is 0.176. The molecule has 0 amide bonds. The molecule has 4 heteroatoms. The normalized spacial score (nSPS) is 12.3. The SMILES string of the molecule is Cc1ccc2cccc(Oc3ccc(C(C)O)nc3)c2n1. The van der Waals surface area contributed by atoms with Gasteiger partial charge in [-0.2, -0.15) is 0 Å². The van der Waals surface area contributed by atoms with E-state index in [0.717, 1.165) is 16.6 Å². The van der Waals surface area contributed by atoms with E-state index in [9.17, 15) is 5.11 Å². The molecule has 0 spiro atoms. The molecule has 0 saturated heterocycles. The van der Waals surface area contributed by atoms with Crippen LogP contribution in [0.4, 0.5) is 0 Å². The van der Waals surface area contributed by atoms with Crippen LogP contribution in [0.2, 0.25) is 0 Å². The lowest BCUT2D eigenvalue weighted by Gasteiger charge is -2.09. The molecule has 4 nitrogen and oxygen atoms in total. The Hall–Kier alpha value is -2.46. The standard InChI is InChI=1S/C17H16N2O2/c1-11-6-7-13-4-3-5-16(17(13)19-11)21-14-8-9-15(12(2)20)18-10-14/h3-10,12,20H,1-2H3. The van der Waals surface area contributed by atoms with Gasteiger partial charge in [0.25, 0.3) is 0 Å². The maximum absolute atomic E-state index is 9.46. The zero-order valence-electron chi connectivity index (χ0n) is 11.9. The minimum absolute atomic E-state index is 0.582. The molecule has 3 rings (SSSR count). The average molecular weight is 280 g/mol. The third-order valence-electron chi connectivity index (χ3n) is 3.24. The van der Waals surface area contributed by atoms with Crippen molar-refractivity contribution in [3.8, 4) is 11.5 Å². The highest BCUT2D eigenvalue weighted by Crippen LogP contribution is 2.28. The Morgan fingerprint density at radius 3 is 2.67 bits per heavy atom. The number of hydrogen-bond donors (Lipinski definition) is 1. The van der Waals surface area contributed by atoms with Crippen LogP contribution in [0.15, 0.2) is 48.7 Å². The molecule has 3 aromatic rings. The molecule has 1 aromatic carbocycles. The number of aliphatic hydroxyl groups is 1. The van der Waals surface area contributed by atoms with Gasteiger partial charge in [0.2, 0.25) is 0 Å². The average Bonchev–Trinajstić information content (AvgIpc) is 2.48. The van der Waals surface area contributed by atoms with Gasteiger partial charge in [0.05, 0.1) is 18.0 Å². The smallest absolute Gasteiger partial charge is 0.153 e. The minimum atomic E-state index is -0.582. The quantitative estimate of drug-likeness (QED) is 0.793. The Bertz CT molecular complexity index is 767. The fourth-order valence-corrected chi connectivity index (χ4v) is 2.13. The van der Waals surface area contributed by atoms with Crippen molar-refractivity contribution < 1.29 is 9.84 Å². The minimum Gasteiger partial charge on any atom is -0.453 e. The van der Waals surface area contributed by atoms with Gasteiger partial charge in [-0.3, -0.25) is 4.98 Å². The van der Waals surface area contributed by atoms with Crippen LogP contribution in [0.1, 0.15) is 24.4 Å². The van der Waals surface area contributed by atoms with E-state index in [-0.39, 0.29) is 0 Å². The first-order valence-corrected chi connectivity index (χ1v) is 6.82. The lowest BCUT2D eigenvalue weighted by Crippen LogP contribution is -1.95. The predicted octanol–water partition coefficient (Wildman–Crippen LogP) is 3.78. The second kappa shape index (κ2) is 5.50. The molecule has 0 aliphatic rings. The summed E-state index contributed by atoms with van der Waals surface area (Å²) in [5.41, 5.74) is 2.40. The maximum Gasteiger partial charge on any atom is 0.153 e. The molecule has 0 aliphatic carbocycles. The second-order valence-corrected chi connectivity index (χ2v) is 4.98. The molecule has 0 radical (unpaired) electrons. The van der Waals surface area contributed by atoms with E-state index in [0.29, 0.717) is 17.2 Å². The van der Waals surface area contributed by atoms with Gasteiger partial charge in [-0.25, -0.2) is 4.98 Å². The van der Waals surface area contributed by atoms with Crippen LogP contribution >= 0.6 is 0 Å². The van der Waals surface area contributed by atoms with Gasteiger partial charge in [-0.1, -0.05) is 18.2 Å². The van der Waals surface area contributed by atoms with Crippen molar-refractivity contribution in [3.63, 3.8) is 0 Å². The fourth-order valence-electron chi connectivity index (χ4n) is 2.13. The van der Waals surface area contributed by atoms with Gasteiger partial charge in [-0.05, 0) is 38.1 Å². The van der Waals surface area contributed by atoms with Crippen LogP contribution < -0.4 is 4.74 Å². The number of fused-ring (bicyclic) bond motifs is 1. The summed E-state index contributed by atoms with van der Waals surface area (Å²) in [4.78, 5) is 8.71. The monoisotopic (exact) mass is 280 g/mol. The molecular formula is C17H16N2O2. The molecule has 2 heterocycles. The molecule has 21 heavy (non-hydrogen) atoms. The number of para-hydroxylation sites is 1. The second-order valence-electron chi connectivity index (χ2n) is 4.98. The molecule has 1 unspecified atom stereocenters. The zero-order valence-corrected chi connectivity index (χ0v) is 11.9. The summed E-state index contributed by atoms with van der Waals surface area (Å²) in [6, 6.07) is 13.4. The number of pyridine rings is 2. The number of benzene rings is 1. The number of ether oxygens (including phenoxy) is 1. The van der Waals surface area contributed by atoms with Gasteiger partial charge in [-0.15, -0.1) is 0 Å². The van der Waals surface area contributed by atoms with Crippen molar-refractivity contribution >= 4 is 10.9 Å². The first-order valence-electron chi connectivity index (χ1n) is 6.82. The predicted molar refractivity (Wildman–Crippen MR) is 81.4 cm³/mol. The Balaban J connectivity index is 1.96. The lowest BCUT2D eigenvalue weighted by molar-refractivity contribution is 0.194. The molecule has 1 N–H and O–H groups in total. The van der Waals surface area contributed by atoms with E-state index in [4.69, 9.17) is 4.74 Å². The molecule has 106 valence electrons. The van der Waals surface area contributed by atoms with Gasteiger partial charge >= 0.3 is 0 Å². The Labute approximate surface area is 123 Å². The first kappa shape index (κ1) is 13.5. The number of aromatic nitrogens is 2. The summed E-state index contributed by atoms with van der Waals surface area (Å²) in [5.74, 6) is 1.32. The highest BCUT2D eigenvalue weighted by Gasteiger charge is 2.07. The number of nitrogens with zero attached hydrogens (tertiary/aromatic N) is 2. The third kappa shape index (κ3) is 2.85. The number of aliphatic hydroxyl groups excluding tert-OH is 1. The molecule has 1 atom stereocenters. The highest BCUT2D eigenvalue weighted by atomic mass is 16.5. The van der Waals surface area contributed by atoms with Crippen molar-refractivity contribution in [3.05, 3.63) is 60.0 Å². The Morgan fingerprint density at radius 2 is 1.95 bits per heavy atom. The molecule has 0 bridgehead atoms. The van der Waals surface area contributed by atoms with Gasteiger partial charge in [0.15, 0.2) is 5.75 Å². The third-order valence-corrected chi connectivity index (χ3v) is 3.24. The van der Waals surface area contributed by atoms with Crippen molar-refractivity contribution in [2.24, 2.45) is 0 Å². The molecule has 2 aromatic heterocycles. The van der Waals surface area contributed by atoms with Crippen LogP contribution in [0.5, 0.6) is 11.5 Å². The van der Waals surface area contributed by atoms with Crippen molar-refractivity contribution in [2.75, 3.05) is 0 Å². The van der Waals surface area contributed by atoms with Gasteiger partial charge in [0.1, 0.15) is 11.3 Å². The zero-order chi connectivity index (χ0) is 14.8. The van der Waals surface area contributed by atoms with E-state index < -0.39 is 6.10 Å². The van der Waals surface area contributed by atoms with Crippen LogP contribution in [-0.4, -0.2) is 15.1 Å². The molecule has 0 saturated carbocycles. The van der Waals surface area contributed by atoms with Crippen LogP contribution in [0.3, 0.4) is 0 Å². The van der Waals surface area contributed by atoms with E-state index in [1.165, 1.54) is 0 Å². The van der Waals surface area contributed by atoms with Gasteiger partial charge < -0.3 is 9.84 Å². The Morgan fingerprint density at radius 1 is 1.10 bits per heavy atom. The Kier molecular flexibility index (Phi) is 3.54. The number of rotatable bonds is 3. The molecular weight excluding hydrogens is 264 g/mol. The van der Waals surface area contributed by atoms with E-state index in [1.807, 2.05) is 37.3 Å². The van der Waals surface area contributed by atoms with Crippen molar-refractivity contribution in [2.45, 2.75) is 20.0 Å². The summed E-state index contributed by atoms with van der Waals surface area (Å²) < 4.78 is 5.87. The van der Waals surface area contributed by atoms with E-state index in [2.05, 4.69) is 9.97 Å². The summed E-state index contributed by atoms with van der Waals surface area (Å²) in [5, 5.41) is 10.5. The van der Waals surface area contributed by atoms with E-state index in [1.54, 1.807) is 25.3 Å². The highest BCUT2D eigenvalue weighted by molar-refractivity contribution is 5.84. The van der Waals surface area contributed by atoms with Crippen molar-refractivity contribution in [1.82, 2.24) is 9.97 Å². The number of hydrogen-bond acceptors (Lipinski definition) is 4. The summed E-state index contributed by atoms with van der Waals surface area (Å²) >= 11 is 0. The number of aryl methyl sites for hydroxylation is 1. The topological polar surface area (TPSA) is 55.2 Å². The van der Waals surface area contributed by atoms with E-state index >= 15 is 0 Å². The summed E-state index contributed by atoms with van der Waals surface area (Å²) in [6.07, 6.45) is 1.03. The van der Waals surface area contributed by atoms with Gasteiger partial charge in [0, 0.05) is 11.1 Å². The van der Waals surface area contributed by atoms with Crippen molar-refractivity contribution in [1.29, 1.82) is 0 Å². The lowest BCUT2D eigenvalue weighted by atomic mass is 10.2. The van der Waals surface area contributed by atoms with Crippen LogP contribution in [0.25, 0.3) is 10.9 Å². The first-order chi connectivity index (χ1) is 10.1. The largest absolute Gasteiger partial charge is 0.453 e.